The van der Waals surface area contributed by atoms with Crippen LogP contribution in [0.4, 0.5) is 18.9 Å². The molecule has 0 saturated heterocycles. The number of amides is 1. The van der Waals surface area contributed by atoms with E-state index in [1.165, 1.54) is 22.5 Å². The van der Waals surface area contributed by atoms with E-state index in [0.717, 1.165) is 11.8 Å². The van der Waals surface area contributed by atoms with Gasteiger partial charge in [-0.15, -0.1) is 0 Å². The van der Waals surface area contributed by atoms with Crippen LogP contribution in [0.3, 0.4) is 0 Å². The molecule has 2 aromatic heterocycles. The van der Waals surface area contributed by atoms with Crippen molar-refractivity contribution >= 4 is 23.2 Å². The lowest BCUT2D eigenvalue weighted by Crippen LogP contribution is -2.25. The van der Waals surface area contributed by atoms with E-state index in [1.807, 2.05) is 0 Å². The highest BCUT2D eigenvalue weighted by Crippen LogP contribution is 2.35. The number of alkyl halides is 3. The summed E-state index contributed by atoms with van der Waals surface area (Å²) in [6, 6.07) is 6.62. The average Bonchev–Trinajstić information content (AvgIpc) is 3.31. The molecule has 0 aliphatic carbocycles. The van der Waals surface area contributed by atoms with Gasteiger partial charge in [0, 0.05) is 18.7 Å². The van der Waals surface area contributed by atoms with E-state index in [0.29, 0.717) is 18.5 Å². The molecule has 13 heteroatoms. The molecule has 170 valence electrons. The Hall–Kier alpha value is -3.41. The van der Waals surface area contributed by atoms with Crippen LogP contribution in [-0.2, 0) is 19.3 Å². The molecule has 0 saturated carbocycles. The van der Waals surface area contributed by atoms with Crippen LogP contribution in [0.15, 0.2) is 36.7 Å². The molecule has 0 aliphatic rings. The maximum Gasteiger partial charge on any atom is 0.436 e. The molecule has 3 rings (SSSR count). The second-order valence-corrected chi connectivity index (χ2v) is 7.31. The molecule has 0 aliphatic heterocycles. The Morgan fingerprint density at radius 2 is 1.97 bits per heavy atom. The Balaban J connectivity index is 1.49. The fraction of sp³-hybridized carbons (Fsp3) is 0.316. The van der Waals surface area contributed by atoms with E-state index in [4.69, 9.17) is 11.6 Å². The van der Waals surface area contributed by atoms with Crippen LogP contribution < -0.4 is 5.32 Å². The molecule has 1 N–H and O–H groups in total. The molecular formula is C19H18ClF3N6O3. The number of nitrogens with one attached hydrogen (secondary N) is 1. The number of hydrogen-bond acceptors (Lipinski definition) is 5. The van der Waals surface area contributed by atoms with E-state index in [2.05, 4.69) is 15.5 Å². The highest BCUT2D eigenvalue weighted by atomic mass is 35.5. The predicted octanol–water partition coefficient (Wildman–Crippen LogP) is 3.84. The number of benzene rings is 1. The SMILES string of the molecule is Cc1c(Cl)c(C(F)(F)F)nn1CCCNC(=O)c1ccc(Cn2cc([N+](=O)[O-])cn2)cc1. The molecular weight excluding hydrogens is 453 g/mol. The topological polar surface area (TPSA) is 108 Å². The minimum absolute atomic E-state index is 0.108. The Morgan fingerprint density at radius 3 is 2.53 bits per heavy atom. The minimum Gasteiger partial charge on any atom is -0.352 e. The lowest BCUT2D eigenvalue weighted by molar-refractivity contribution is -0.385. The molecule has 3 aromatic rings. The third kappa shape index (κ3) is 5.44. The van der Waals surface area contributed by atoms with Crippen molar-refractivity contribution in [2.45, 2.75) is 32.6 Å². The summed E-state index contributed by atoms with van der Waals surface area (Å²) >= 11 is 5.71. The normalized spacial score (nSPS) is 11.5. The fourth-order valence-corrected chi connectivity index (χ4v) is 3.18. The number of carbonyl (C=O) groups excluding carboxylic acids is 1. The largest absolute Gasteiger partial charge is 0.436 e. The smallest absolute Gasteiger partial charge is 0.352 e. The zero-order chi connectivity index (χ0) is 23.5. The molecule has 1 aromatic carbocycles. The van der Waals surface area contributed by atoms with Crippen molar-refractivity contribution in [2.75, 3.05) is 6.54 Å². The number of halogens is 4. The summed E-state index contributed by atoms with van der Waals surface area (Å²) in [4.78, 5) is 22.4. The van der Waals surface area contributed by atoms with Gasteiger partial charge in [0.2, 0.25) is 0 Å². The molecule has 0 radical (unpaired) electrons. The van der Waals surface area contributed by atoms with E-state index >= 15 is 0 Å². The molecule has 0 spiro atoms. The summed E-state index contributed by atoms with van der Waals surface area (Å²) in [7, 11) is 0. The third-order valence-corrected chi connectivity index (χ3v) is 5.08. The summed E-state index contributed by atoms with van der Waals surface area (Å²) in [6.07, 6.45) is -1.80. The zero-order valence-electron chi connectivity index (χ0n) is 16.8. The van der Waals surface area contributed by atoms with Crippen LogP contribution in [0.5, 0.6) is 0 Å². The standard InChI is InChI=1S/C19H18ClF3N6O3/c1-12-16(20)17(19(21,22)23)26-28(12)8-2-7-24-18(30)14-5-3-13(4-6-14)10-27-11-15(9-25-27)29(31)32/h3-6,9,11H,2,7-8,10H2,1H3,(H,24,30). The van der Waals surface area contributed by atoms with E-state index < -0.39 is 21.8 Å². The first kappa shape index (κ1) is 23.3. The first-order valence-electron chi connectivity index (χ1n) is 9.40. The van der Waals surface area contributed by atoms with Gasteiger partial charge >= 0.3 is 11.9 Å². The summed E-state index contributed by atoms with van der Waals surface area (Å²) in [5.41, 5.74) is 0.182. The van der Waals surface area contributed by atoms with Crippen molar-refractivity contribution in [3.63, 3.8) is 0 Å². The second kappa shape index (κ2) is 9.39. The Morgan fingerprint density at radius 1 is 1.28 bits per heavy atom. The molecule has 2 heterocycles. The molecule has 32 heavy (non-hydrogen) atoms. The Kier molecular flexibility index (Phi) is 6.82. The van der Waals surface area contributed by atoms with Crippen molar-refractivity contribution < 1.29 is 22.9 Å². The third-order valence-electron chi connectivity index (χ3n) is 4.63. The van der Waals surface area contributed by atoms with Crippen molar-refractivity contribution in [1.82, 2.24) is 24.9 Å². The van der Waals surface area contributed by atoms with Crippen molar-refractivity contribution in [1.29, 1.82) is 0 Å². The van der Waals surface area contributed by atoms with Crippen molar-refractivity contribution in [3.8, 4) is 0 Å². The van der Waals surface area contributed by atoms with E-state index in [-0.39, 0.29) is 30.4 Å². The Bertz CT molecular complexity index is 1120. The van der Waals surface area contributed by atoms with Gasteiger partial charge in [-0.3, -0.25) is 24.3 Å². The number of nitrogens with zero attached hydrogens (tertiary/aromatic N) is 5. The summed E-state index contributed by atoms with van der Waals surface area (Å²) in [5.74, 6) is -0.336. The maximum absolute atomic E-state index is 12.9. The quantitative estimate of drug-likeness (QED) is 0.306. The zero-order valence-corrected chi connectivity index (χ0v) is 17.5. The van der Waals surface area contributed by atoms with E-state index in [9.17, 15) is 28.1 Å². The lowest BCUT2D eigenvalue weighted by Gasteiger charge is -2.08. The fourth-order valence-electron chi connectivity index (χ4n) is 2.94. The van der Waals surface area contributed by atoms with E-state index in [1.54, 1.807) is 24.3 Å². The number of aryl methyl sites for hydroxylation is 1. The van der Waals surface area contributed by atoms with Gasteiger partial charge < -0.3 is 5.32 Å². The average molecular weight is 471 g/mol. The molecule has 1 amide bonds. The summed E-state index contributed by atoms with van der Waals surface area (Å²) < 4.78 is 41.2. The highest BCUT2D eigenvalue weighted by molar-refractivity contribution is 6.31. The summed E-state index contributed by atoms with van der Waals surface area (Å²) in [6.45, 7) is 2.15. The lowest BCUT2D eigenvalue weighted by atomic mass is 10.1. The van der Waals surface area contributed by atoms with Gasteiger partial charge in [-0.25, -0.2) is 0 Å². The number of hydrogen-bond donors (Lipinski definition) is 1. The predicted molar refractivity (Wildman–Crippen MR) is 108 cm³/mol. The van der Waals surface area contributed by atoms with Crippen LogP contribution in [0.1, 0.15) is 33.7 Å². The van der Waals surface area contributed by atoms with Gasteiger partial charge in [-0.2, -0.15) is 23.4 Å². The number of carbonyl (C=O) groups is 1. The van der Waals surface area contributed by atoms with Crippen molar-refractivity contribution in [3.05, 3.63) is 74.3 Å². The van der Waals surface area contributed by atoms with Crippen LogP contribution in [0.25, 0.3) is 0 Å². The van der Waals surface area contributed by atoms with Crippen LogP contribution in [0.2, 0.25) is 5.02 Å². The molecule has 0 bridgehead atoms. The van der Waals surface area contributed by atoms with Gasteiger partial charge in [-0.05, 0) is 31.0 Å². The van der Waals surface area contributed by atoms with Gasteiger partial charge in [-0.1, -0.05) is 23.7 Å². The molecule has 0 unspecified atom stereocenters. The first-order valence-corrected chi connectivity index (χ1v) is 9.78. The van der Waals surface area contributed by atoms with Gasteiger partial charge in [0.25, 0.3) is 5.91 Å². The van der Waals surface area contributed by atoms with Gasteiger partial charge in [0.05, 0.1) is 22.2 Å². The van der Waals surface area contributed by atoms with Crippen LogP contribution in [0, 0.1) is 17.0 Å². The highest BCUT2D eigenvalue weighted by Gasteiger charge is 2.38. The monoisotopic (exact) mass is 470 g/mol. The maximum atomic E-state index is 12.9. The number of rotatable bonds is 8. The Labute approximate surface area is 184 Å². The van der Waals surface area contributed by atoms with Crippen molar-refractivity contribution in [2.24, 2.45) is 0 Å². The number of nitro groups is 1. The van der Waals surface area contributed by atoms with Gasteiger partial charge in [0.1, 0.15) is 12.4 Å². The van der Waals surface area contributed by atoms with Crippen LogP contribution in [-0.4, -0.2) is 36.9 Å². The molecule has 9 nitrogen and oxygen atoms in total. The molecule has 0 atom stereocenters. The first-order chi connectivity index (χ1) is 15.1. The van der Waals surface area contributed by atoms with Crippen LogP contribution >= 0.6 is 11.6 Å². The molecule has 0 fully saturated rings. The second-order valence-electron chi connectivity index (χ2n) is 6.93. The minimum atomic E-state index is -4.63. The number of aromatic nitrogens is 4. The summed E-state index contributed by atoms with van der Waals surface area (Å²) in [5, 5.41) is 20.4. The van der Waals surface area contributed by atoms with Gasteiger partial charge in [0.15, 0.2) is 5.69 Å².